The van der Waals surface area contributed by atoms with E-state index < -0.39 is 0 Å². The van der Waals surface area contributed by atoms with Crippen molar-refractivity contribution >= 4 is 11.6 Å². The molecule has 1 aliphatic heterocycles. The first-order valence-corrected chi connectivity index (χ1v) is 8.62. The molecule has 5 heteroatoms. The number of piperidine rings is 1. The summed E-state index contributed by atoms with van der Waals surface area (Å²) in [5.41, 5.74) is 8.30. The van der Waals surface area contributed by atoms with Crippen LogP contribution in [0.15, 0.2) is 36.7 Å². The monoisotopic (exact) mass is 325 g/mol. The summed E-state index contributed by atoms with van der Waals surface area (Å²) in [6.07, 6.45) is 2.75. The molecule has 0 spiro atoms. The van der Waals surface area contributed by atoms with E-state index in [1.54, 1.807) is 6.33 Å². The van der Waals surface area contributed by atoms with E-state index in [0.717, 1.165) is 31.0 Å². The van der Waals surface area contributed by atoms with Crippen molar-refractivity contribution in [1.82, 2.24) is 14.9 Å². The van der Waals surface area contributed by atoms with E-state index in [1.807, 2.05) is 6.92 Å². The van der Waals surface area contributed by atoms with Crippen molar-refractivity contribution in [2.45, 2.75) is 32.9 Å². The van der Waals surface area contributed by atoms with Crippen LogP contribution in [0.1, 0.15) is 24.5 Å². The van der Waals surface area contributed by atoms with Gasteiger partial charge in [-0.2, -0.15) is 0 Å². The molecule has 2 N–H and O–H groups in total. The molecule has 2 atom stereocenters. The Kier molecular flexibility index (Phi) is 5.00. The third-order valence-corrected chi connectivity index (χ3v) is 5.18. The predicted molar refractivity (Wildman–Crippen MR) is 98.9 cm³/mol. The summed E-state index contributed by atoms with van der Waals surface area (Å²) < 4.78 is 0. The lowest BCUT2D eigenvalue weighted by Crippen LogP contribution is -2.51. The fourth-order valence-corrected chi connectivity index (χ4v) is 3.57. The first-order valence-electron chi connectivity index (χ1n) is 8.62. The highest BCUT2D eigenvalue weighted by atomic mass is 15.3. The molecule has 0 unspecified atom stereocenters. The van der Waals surface area contributed by atoms with Gasteiger partial charge in [0.1, 0.15) is 18.0 Å². The van der Waals surface area contributed by atoms with Crippen molar-refractivity contribution in [1.29, 1.82) is 0 Å². The lowest BCUT2D eigenvalue weighted by atomic mass is 9.92. The maximum absolute atomic E-state index is 5.96. The molecule has 24 heavy (non-hydrogen) atoms. The Morgan fingerprint density at radius 2 is 2.00 bits per heavy atom. The van der Waals surface area contributed by atoms with Crippen LogP contribution in [0.25, 0.3) is 0 Å². The average molecular weight is 325 g/mol. The van der Waals surface area contributed by atoms with Crippen LogP contribution in [0.3, 0.4) is 0 Å². The second kappa shape index (κ2) is 7.18. The average Bonchev–Trinajstić information content (AvgIpc) is 2.59. The summed E-state index contributed by atoms with van der Waals surface area (Å²) >= 11 is 0. The Balaban J connectivity index is 1.75. The van der Waals surface area contributed by atoms with Crippen molar-refractivity contribution in [3.63, 3.8) is 0 Å². The van der Waals surface area contributed by atoms with Gasteiger partial charge in [-0.25, -0.2) is 9.97 Å². The Morgan fingerprint density at radius 3 is 2.75 bits per heavy atom. The van der Waals surface area contributed by atoms with E-state index >= 15 is 0 Å². The quantitative estimate of drug-likeness (QED) is 0.936. The molecule has 0 amide bonds. The van der Waals surface area contributed by atoms with E-state index in [0.29, 0.717) is 17.8 Å². The van der Waals surface area contributed by atoms with Gasteiger partial charge in [-0.05, 0) is 31.4 Å². The minimum Gasteiger partial charge on any atom is -0.383 e. The van der Waals surface area contributed by atoms with Crippen molar-refractivity contribution in [3.05, 3.63) is 47.8 Å². The maximum atomic E-state index is 5.96. The van der Waals surface area contributed by atoms with Gasteiger partial charge in [0.15, 0.2) is 0 Å². The number of benzene rings is 1. The van der Waals surface area contributed by atoms with Crippen LogP contribution in [0.5, 0.6) is 0 Å². The van der Waals surface area contributed by atoms with Gasteiger partial charge in [0.2, 0.25) is 0 Å². The largest absolute Gasteiger partial charge is 0.383 e. The van der Waals surface area contributed by atoms with E-state index in [-0.39, 0.29) is 0 Å². The second-order valence-electron chi connectivity index (χ2n) is 6.87. The van der Waals surface area contributed by atoms with Gasteiger partial charge < -0.3 is 10.6 Å². The summed E-state index contributed by atoms with van der Waals surface area (Å²) in [5, 5.41) is 0. The molecular weight excluding hydrogens is 298 g/mol. The Hall–Kier alpha value is -2.14. The third kappa shape index (κ3) is 3.51. The van der Waals surface area contributed by atoms with Crippen LogP contribution in [-0.2, 0) is 6.54 Å². The smallest absolute Gasteiger partial charge is 0.137 e. The topological polar surface area (TPSA) is 58.3 Å². The second-order valence-corrected chi connectivity index (χ2v) is 6.87. The number of nitrogens with zero attached hydrogens (tertiary/aromatic N) is 4. The highest BCUT2D eigenvalue weighted by Crippen LogP contribution is 2.28. The van der Waals surface area contributed by atoms with Gasteiger partial charge in [-0.15, -0.1) is 0 Å². The van der Waals surface area contributed by atoms with Gasteiger partial charge in [0, 0.05) is 31.7 Å². The summed E-state index contributed by atoms with van der Waals surface area (Å²) in [7, 11) is 2.13. The first-order chi connectivity index (χ1) is 11.6. The highest BCUT2D eigenvalue weighted by Gasteiger charge is 2.30. The SMILES string of the molecule is Cc1c(N)ncnc1N(C)[C@H]1CN(Cc2ccccc2)CC[C@H]1C. The highest BCUT2D eigenvalue weighted by molar-refractivity contribution is 5.55. The number of likely N-dealkylation sites (N-methyl/N-ethyl adjacent to an activating group) is 1. The van der Waals surface area contributed by atoms with Crippen molar-refractivity contribution < 1.29 is 0 Å². The van der Waals surface area contributed by atoms with Crippen molar-refractivity contribution in [3.8, 4) is 0 Å². The van der Waals surface area contributed by atoms with Gasteiger partial charge in [0.25, 0.3) is 0 Å². The van der Waals surface area contributed by atoms with Gasteiger partial charge >= 0.3 is 0 Å². The van der Waals surface area contributed by atoms with Crippen LogP contribution in [0.2, 0.25) is 0 Å². The Bertz CT molecular complexity index is 673. The number of nitrogens with two attached hydrogens (primary N) is 1. The summed E-state index contributed by atoms with van der Waals surface area (Å²) in [6, 6.07) is 11.1. The molecule has 2 heterocycles. The lowest BCUT2D eigenvalue weighted by molar-refractivity contribution is 0.159. The fourth-order valence-electron chi connectivity index (χ4n) is 3.57. The minimum atomic E-state index is 0.426. The minimum absolute atomic E-state index is 0.426. The standard InChI is InChI=1S/C19H27N5/c1-14-9-10-24(11-16-7-5-4-6-8-16)12-17(14)23(3)19-15(2)18(20)21-13-22-19/h4-8,13-14,17H,9-12H2,1-3H3,(H2,20,21,22)/t14-,17+/m1/s1. The zero-order chi connectivity index (χ0) is 17.1. The van der Waals surface area contributed by atoms with E-state index in [1.165, 1.54) is 12.0 Å². The first kappa shape index (κ1) is 16.7. The van der Waals surface area contributed by atoms with Crippen LogP contribution < -0.4 is 10.6 Å². The molecule has 0 aliphatic carbocycles. The van der Waals surface area contributed by atoms with E-state index in [4.69, 9.17) is 5.73 Å². The van der Waals surface area contributed by atoms with Crippen molar-refractivity contribution in [2.24, 2.45) is 5.92 Å². The maximum Gasteiger partial charge on any atom is 0.137 e. The summed E-state index contributed by atoms with van der Waals surface area (Å²) in [6.45, 7) is 7.52. The lowest BCUT2D eigenvalue weighted by Gasteiger charge is -2.42. The number of aromatic nitrogens is 2. The van der Waals surface area contributed by atoms with Crippen LogP contribution >= 0.6 is 0 Å². The van der Waals surface area contributed by atoms with Crippen molar-refractivity contribution in [2.75, 3.05) is 30.8 Å². The van der Waals surface area contributed by atoms with E-state index in [2.05, 4.69) is 64.1 Å². The van der Waals surface area contributed by atoms with E-state index in [9.17, 15) is 0 Å². The number of likely N-dealkylation sites (tertiary alicyclic amines) is 1. The fraction of sp³-hybridized carbons (Fsp3) is 0.474. The normalized spacial score (nSPS) is 21.6. The molecule has 1 aromatic heterocycles. The Morgan fingerprint density at radius 1 is 1.25 bits per heavy atom. The van der Waals surface area contributed by atoms with Crippen LogP contribution in [-0.4, -0.2) is 41.0 Å². The molecule has 1 fully saturated rings. The molecule has 0 radical (unpaired) electrons. The number of rotatable bonds is 4. The van der Waals surface area contributed by atoms with Crippen LogP contribution in [0, 0.1) is 12.8 Å². The third-order valence-electron chi connectivity index (χ3n) is 5.18. The van der Waals surface area contributed by atoms with Gasteiger partial charge in [-0.3, -0.25) is 4.90 Å². The zero-order valence-corrected chi connectivity index (χ0v) is 14.8. The molecule has 2 aromatic rings. The molecule has 3 rings (SSSR count). The molecule has 5 nitrogen and oxygen atoms in total. The van der Waals surface area contributed by atoms with Gasteiger partial charge in [0.05, 0.1) is 0 Å². The van der Waals surface area contributed by atoms with Crippen LogP contribution in [0.4, 0.5) is 11.6 Å². The number of hydrogen-bond donors (Lipinski definition) is 1. The predicted octanol–water partition coefficient (Wildman–Crippen LogP) is 2.71. The molecule has 1 aliphatic rings. The molecular formula is C19H27N5. The Labute approximate surface area is 144 Å². The molecule has 0 saturated carbocycles. The molecule has 1 saturated heterocycles. The number of nitrogen functional groups attached to an aromatic ring is 1. The number of anilines is 2. The summed E-state index contributed by atoms with van der Waals surface area (Å²) in [4.78, 5) is 13.4. The molecule has 1 aromatic carbocycles. The van der Waals surface area contributed by atoms with Gasteiger partial charge in [-0.1, -0.05) is 37.3 Å². The zero-order valence-electron chi connectivity index (χ0n) is 14.8. The number of hydrogen-bond acceptors (Lipinski definition) is 5. The molecule has 0 bridgehead atoms. The summed E-state index contributed by atoms with van der Waals surface area (Å²) in [5.74, 6) is 2.13. The molecule has 128 valence electrons.